The van der Waals surface area contributed by atoms with Crippen LogP contribution in [0.3, 0.4) is 0 Å². The number of nitrogens with two attached hydrogens (primary N) is 1. The summed E-state index contributed by atoms with van der Waals surface area (Å²) in [6, 6.07) is 4.23. The predicted octanol–water partition coefficient (Wildman–Crippen LogP) is 2.29. The molecule has 0 saturated carbocycles. The van der Waals surface area contributed by atoms with E-state index in [1.807, 2.05) is 0 Å². The van der Waals surface area contributed by atoms with Crippen molar-refractivity contribution in [3.8, 4) is 0 Å². The van der Waals surface area contributed by atoms with Crippen LogP contribution >= 0.6 is 11.6 Å². The van der Waals surface area contributed by atoms with Crippen LogP contribution in [0.1, 0.15) is 23.7 Å². The van der Waals surface area contributed by atoms with Crippen molar-refractivity contribution in [1.82, 2.24) is 4.90 Å². The molecule has 2 rings (SSSR count). The molecule has 1 heterocycles. The molecule has 18 heavy (non-hydrogen) atoms. The lowest BCUT2D eigenvalue weighted by Crippen LogP contribution is -2.49. The van der Waals surface area contributed by atoms with E-state index in [0.29, 0.717) is 19.0 Å². The van der Waals surface area contributed by atoms with Crippen molar-refractivity contribution in [1.29, 1.82) is 0 Å². The number of carbonyl (C=O) groups is 1. The first-order valence-corrected chi connectivity index (χ1v) is 6.37. The van der Waals surface area contributed by atoms with Crippen LogP contribution in [0.5, 0.6) is 0 Å². The average molecular weight is 271 g/mol. The zero-order chi connectivity index (χ0) is 13.3. The number of halogens is 2. The minimum atomic E-state index is -0.572. The maximum absolute atomic E-state index is 13.3. The first-order valence-electron chi connectivity index (χ1n) is 5.99. The van der Waals surface area contributed by atoms with Gasteiger partial charge in [-0.05, 0) is 24.5 Å². The quantitative estimate of drug-likeness (QED) is 0.851. The maximum Gasteiger partial charge on any atom is 0.255 e. The summed E-state index contributed by atoms with van der Waals surface area (Å²) >= 11 is 5.82. The summed E-state index contributed by atoms with van der Waals surface area (Å²) in [6.45, 7) is 3.20. The summed E-state index contributed by atoms with van der Waals surface area (Å²) in [5.74, 6) is -0.420. The zero-order valence-corrected chi connectivity index (χ0v) is 11.0. The Bertz CT molecular complexity index is 466. The number of piperidine rings is 1. The highest BCUT2D eigenvalue weighted by molar-refractivity contribution is 6.34. The van der Waals surface area contributed by atoms with Crippen LogP contribution in [-0.4, -0.2) is 29.9 Å². The van der Waals surface area contributed by atoms with Gasteiger partial charge in [0.15, 0.2) is 0 Å². The summed E-state index contributed by atoms with van der Waals surface area (Å²) in [7, 11) is 0. The Morgan fingerprint density at radius 3 is 2.94 bits per heavy atom. The summed E-state index contributed by atoms with van der Waals surface area (Å²) in [5, 5.41) is -0.116. The van der Waals surface area contributed by atoms with E-state index < -0.39 is 5.82 Å². The van der Waals surface area contributed by atoms with Gasteiger partial charge in [-0.15, -0.1) is 0 Å². The summed E-state index contributed by atoms with van der Waals surface area (Å²) in [4.78, 5) is 13.9. The van der Waals surface area contributed by atoms with Gasteiger partial charge in [0.2, 0.25) is 0 Å². The molecule has 1 aliphatic rings. The minimum Gasteiger partial charge on any atom is -0.337 e. The van der Waals surface area contributed by atoms with Crippen molar-refractivity contribution >= 4 is 17.5 Å². The summed E-state index contributed by atoms with van der Waals surface area (Å²) in [5.41, 5.74) is 6.16. The molecule has 98 valence electrons. The molecule has 1 aliphatic heterocycles. The van der Waals surface area contributed by atoms with Gasteiger partial charge < -0.3 is 10.6 Å². The molecule has 2 atom stereocenters. The Morgan fingerprint density at radius 2 is 2.28 bits per heavy atom. The Morgan fingerprint density at radius 1 is 1.56 bits per heavy atom. The van der Waals surface area contributed by atoms with Gasteiger partial charge in [-0.3, -0.25) is 4.79 Å². The molecule has 0 spiro atoms. The second-order valence-electron chi connectivity index (χ2n) is 4.78. The Kier molecular flexibility index (Phi) is 3.88. The molecular formula is C13H16ClFN2O. The number of amides is 1. The highest BCUT2D eigenvalue weighted by atomic mass is 35.5. The fourth-order valence-corrected chi connectivity index (χ4v) is 2.33. The second kappa shape index (κ2) is 5.24. The highest BCUT2D eigenvalue weighted by Gasteiger charge is 2.28. The van der Waals surface area contributed by atoms with Gasteiger partial charge in [-0.25, -0.2) is 4.39 Å². The van der Waals surface area contributed by atoms with Crippen LogP contribution < -0.4 is 5.73 Å². The first-order chi connectivity index (χ1) is 8.50. The van der Waals surface area contributed by atoms with Crippen LogP contribution in [0.2, 0.25) is 5.02 Å². The fourth-order valence-electron chi connectivity index (χ4n) is 2.12. The van der Waals surface area contributed by atoms with Gasteiger partial charge in [0.1, 0.15) is 5.82 Å². The normalized spacial score (nSPS) is 24.1. The van der Waals surface area contributed by atoms with Crippen molar-refractivity contribution in [3.63, 3.8) is 0 Å². The van der Waals surface area contributed by atoms with Crippen molar-refractivity contribution in [2.24, 2.45) is 11.7 Å². The molecule has 0 bridgehead atoms. The standard InChI is InChI=1S/C13H16ClFN2O/c1-8-5-6-17(7-11(8)16)13(18)9-3-2-4-10(15)12(9)14/h2-4,8,11H,5-7,16H2,1H3. The van der Waals surface area contributed by atoms with E-state index in [1.165, 1.54) is 18.2 Å². The molecule has 1 fully saturated rings. The van der Waals surface area contributed by atoms with Crippen molar-refractivity contribution in [3.05, 3.63) is 34.6 Å². The first kappa shape index (κ1) is 13.3. The summed E-state index contributed by atoms with van der Waals surface area (Å²) < 4.78 is 13.3. The second-order valence-corrected chi connectivity index (χ2v) is 5.16. The third-order valence-electron chi connectivity index (χ3n) is 3.49. The van der Waals surface area contributed by atoms with Gasteiger partial charge in [0.05, 0.1) is 10.6 Å². The molecule has 2 N–H and O–H groups in total. The van der Waals surface area contributed by atoms with Crippen LogP contribution in [0.15, 0.2) is 18.2 Å². The molecule has 1 aromatic rings. The molecular weight excluding hydrogens is 255 g/mol. The largest absolute Gasteiger partial charge is 0.337 e. The Hall–Kier alpha value is -1.13. The van der Waals surface area contributed by atoms with Crippen LogP contribution in [0, 0.1) is 11.7 Å². The predicted molar refractivity (Wildman–Crippen MR) is 69.1 cm³/mol. The lowest BCUT2D eigenvalue weighted by Gasteiger charge is -2.35. The van der Waals surface area contributed by atoms with Crippen LogP contribution in [0.4, 0.5) is 4.39 Å². The van der Waals surface area contributed by atoms with Crippen LogP contribution in [0.25, 0.3) is 0 Å². The number of nitrogens with zero attached hydrogens (tertiary/aromatic N) is 1. The number of carbonyl (C=O) groups excluding carboxylic acids is 1. The SMILES string of the molecule is CC1CCN(C(=O)c2cccc(F)c2Cl)CC1N. The highest BCUT2D eigenvalue weighted by Crippen LogP contribution is 2.23. The number of benzene rings is 1. The van der Waals surface area contributed by atoms with Gasteiger partial charge >= 0.3 is 0 Å². The van der Waals surface area contributed by atoms with Gasteiger partial charge in [0, 0.05) is 19.1 Å². The molecule has 0 aromatic heterocycles. The van der Waals surface area contributed by atoms with E-state index >= 15 is 0 Å². The average Bonchev–Trinajstić information content (AvgIpc) is 2.35. The fraction of sp³-hybridized carbons (Fsp3) is 0.462. The molecule has 3 nitrogen and oxygen atoms in total. The van der Waals surface area contributed by atoms with Crippen molar-refractivity contribution in [2.45, 2.75) is 19.4 Å². The van der Waals surface area contributed by atoms with E-state index in [-0.39, 0.29) is 22.5 Å². The number of hydrogen-bond acceptors (Lipinski definition) is 2. The molecule has 2 unspecified atom stereocenters. The maximum atomic E-state index is 13.3. The lowest BCUT2D eigenvalue weighted by molar-refractivity contribution is 0.0672. The smallest absolute Gasteiger partial charge is 0.255 e. The monoisotopic (exact) mass is 270 g/mol. The molecule has 1 saturated heterocycles. The van der Waals surface area contributed by atoms with E-state index in [2.05, 4.69) is 6.92 Å². The van der Waals surface area contributed by atoms with Gasteiger partial charge in [0.25, 0.3) is 5.91 Å². The molecule has 0 radical (unpaired) electrons. The number of likely N-dealkylation sites (tertiary alicyclic amines) is 1. The van der Waals surface area contributed by atoms with Gasteiger partial charge in [-0.1, -0.05) is 24.6 Å². The lowest BCUT2D eigenvalue weighted by atomic mass is 9.94. The molecule has 5 heteroatoms. The molecule has 1 amide bonds. The summed E-state index contributed by atoms with van der Waals surface area (Å²) in [6.07, 6.45) is 0.861. The zero-order valence-electron chi connectivity index (χ0n) is 10.2. The topological polar surface area (TPSA) is 46.3 Å². The third-order valence-corrected chi connectivity index (χ3v) is 3.87. The molecule has 0 aliphatic carbocycles. The number of hydrogen-bond donors (Lipinski definition) is 1. The van der Waals surface area contributed by atoms with Crippen molar-refractivity contribution < 1.29 is 9.18 Å². The van der Waals surface area contributed by atoms with E-state index in [9.17, 15) is 9.18 Å². The van der Waals surface area contributed by atoms with Gasteiger partial charge in [-0.2, -0.15) is 0 Å². The Balaban J connectivity index is 2.19. The Labute approximate surface area is 111 Å². The third kappa shape index (κ3) is 2.49. The van der Waals surface area contributed by atoms with Crippen molar-refractivity contribution in [2.75, 3.05) is 13.1 Å². The van der Waals surface area contributed by atoms with E-state index in [4.69, 9.17) is 17.3 Å². The van der Waals surface area contributed by atoms with E-state index in [1.54, 1.807) is 4.90 Å². The minimum absolute atomic E-state index is 0.0324. The molecule has 1 aromatic carbocycles. The van der Waals surface area contributed by atoms with Crippen LogP contribution in [-0.2, 0) is 0 Å². The van der Waals surface area contributed by atoms with E-state index in [0.717, 1.165) is 6.42 Å². The number of rotatable bonds is 1.